The largest absolute Gasteiger partial charge is 0.392 e. The Labute approximate surface area is 94.8 Å². The second-order valence-corrected chi connectivity index (χ2v) is 4.00. The monoisotopic (exact) mass is 229 g/mol. The molecule has 0 aromatic rings. The lowest BCUT2D eigenvalue weighted by Gasteiger charge is -2.11. The molecule has 0 saturated carbocycles. The van der Waals surface area contributed by atoms with Gasteiger partial charge in [-0.2, -0.15) is 0 Å². The van der Waals surface area contributed by atoms with Crippen molar-refractivity contribution in [2.75, 3.05) is 19.6 Å². The molecule has 1 aliphatic rings. The number of rotatable bonds is 6. The van der Waals surface area contributed by atoms with Gasteiger partial charge in [-0.05, 0) is 13.3 Å². The zero-order valence-corrected chi connectivity index (χ0v) is 9.45. The predicted molar refractivity (Wildman–Crippen MR) is 58.7 cm³/mol. The van der Waals surface area contributed by atoms with E-state index in [2.05, 4.69) is 16.0 Å². The van der Waals surface area contributed by atoms with Crippen LogP contribution in [0.1, 0.15) is 19.8 Å². The fourth-order valence-electron chi connectivity index (χ4n) is 1.52. The average molecular weight is 229 g/mol. The van der Waals surface area contributed by atoms with Crippen LogP contribution in [0.15, 0.2) is 0 Å². The van der Waals surface area contributed by atoms with Gasteiger partial charge in [0.25, 0.3) is 0 Å². The fraction of sp³-hybridized carbons (Fsp3) is 0.800. The maximum absolute atomic E-state index is 11.5. The van der Waals surface area contributed by atoms with Crippen LogP contribution in [0.2, 0.25) is 0 Å². The highest BCUT2D eigenvalue weighted by molar-refractivity contribution is 5.90. The van der Waals surface area contributed by atoms with Crippen LogP contribution in [0.25, 0.3) is 0 Å². The van der Waals surface area contributed by atoms with Crippen molar-refractivity contribution < 1.29 is 14.7 Å². The minimum Gasteiger partial charge on any atom is -0.392 e. The van der Waals surface area contributed by atoms with E-state index in [0.29, 0.717) is 32.5 Å². The summed E-state index contributed by atoms with van der Waals surface area (Å²) in [5.41, 5.74) is 0. The van der Waals surface area contributed by atoms with Crippen molar-refractivity contribution in [3.05, 3.63) is 0 Å². The Hall–Kier alpha value is -1.14. The molecule has 1 rings (SSSR count). The molecule has 1 saturated heterocycles. The van der Waals surface area contributed by atoms with Crippen LogP contribution in [0, 0.1) is 0 Å². The van der Waals surface area contributed by atoms with Crippen molar-refractivity contribution in [2.24, 2.45) is 0 Å². The maximum atomic E-state index is 11.5. The summed E-state index contributed by atoms with van der Waals surface area (Å²) < 4.78 is 0. The molecule has 0 aromatic carbocycles. The van der Waals surface area contributed by atoms with E-state index >= 15 is 0 Å². The Morgan fingerprint density at radius 3 is 2.94 bits per heavy atom. The zero-order chi connectivity index (χ0) is 12.0. The van der Waals surface area contributed by atoms with Gasteiger partial charge in [0.15, 0.2) is 0 Å². The molecule has 0 aliphatic carbocycles. The molecule has 1 fully saturated rings. The Kier molecular flexibility index (Phi) is 5.21. The van der Waals surface area contributed by atoms with Gasteiger partial charge in [0.1, 0.15) is 6.04 Å². The number of nitrogens with one attached hydrogen (secondary N) is 3. The number of hydrogen-bond acceptors (Lipinski definition) is 4. The summed E-state index contributed by atoms with van der Waals surface area (Å²) in [5.74, 6) is -0.197. The van der Waals surface area contributed by atoms with E-state index in [1.54, 1.807) is 6.92 Å². The third-order valence-corrected chi connectivity index (χ3v) is 2.35. The molecular weight excluding hydrogens is 210 g/mol. The number of amides is 2. The van der Waals surface area contributed by atoms with Crippen LogP contribution < -0.4 is 16.0 Å². The first-order chi connectivity index (χ1) is 7.59. The van der Waals surface area contributed by atoms with Gasteiger partial charge in [-0.15, -0.1) is 0 Å². The standard InChI is InChI=1S/C10H19N3O3/c1-7(14)6-11-4-5-12-10(16)8-2-3-9(15)13-8/h7-8,11,14H,2-6H2,1H3,(H,12,16)(H,13,15)/t7?,8-/m1/s1. The van der Waals surface area contributed by atoms with E-state index in [9.17, 15) is 9.59 Å². The van der Waals surface area contributed by atoms with Gasteiger partial charge in [0.2, 0.25) is 11.8 Å². The fourth-order valence-corrected chi connectivity index (χ4v) is 1.52. The molecule has 0 radical (unpaired) electrons. The molecule has 0 bridgehead atoms. The van der Waals surface area contributed by atoms with Crippen LogP contribution in [-0.2, 0) is 9.59 Å². The molecule has 0 aromatic heterocycles. The second-order valence-electron chi connectivity index (χ2n) is 4.00. The number of carbonyl (C=O) groups excluding carboxylic acids is 2. The Morgan fingerprint density at radius 2 is 2.38 bits per heavy atom. The maximum Gasteiger partial charge on any atom is 0.242 e. The SMILES string of the molecule is CC(O)CNCCNC(=O)[C@H]1CCC(=O)N1. The minimum absolute atomic E-state index is 0.0626. The summed E-state index contributed by atoms with van der Waals surface area (Å²) in [7, 11) is 0. The van der Waals surface area contributed by atoms with E-state index in [-0.39, 0.29) is 24.0 Å². The molecule has 2 atom stereocenters. The number of aliphatic hydroxyl groups excluding tert-OH is 1. The number of hydrogen-bond donors (Lipinski definition) is 4. The van der Waals surface area contributed by atoms with Crippen LogP contribution in [0.4, 0.5) is 0 Å². The lowest BCUT2D eigenvalue weighted by molar-refractivity contribution is -0.125. The van der Waals surface area contributed by atoms with E-state index < -0.39 is 0 Å². The normalized spacial score (nSPS) is 21.6. The summed E-state index contributed by atoms with van der Waals surface area (Å²) in [6.07, 6.45) is 0.620. The van der Waals surface area contributed by atoms with Crippen LogP contribution in [0.5, 0.6) is 0 Å². The zero-order valence-electron chi connectivity index (χ0n) is 9.45. The Balaban J connectivity index is 2.04. The van der Waals surface area contributed by atoms with Crippen molar-refractivity contribution in [1.82, 2.24) is 16.0 Å². The molecule has 4 N–H and O–H groups in total. The van der Waals surface area contributed by atoms with Crippen molar-refractivity contribution in [2.45, 2.75) is 31.9 Å². The third-order valence-electron chi connectivity index (χ3n) is 2.35. The second kappa shape index (κ2) is 6.44. The third kappa shape index (κ3) is 4.59. The Bertz CT molecular complexity index is 256. The highest BCUT2D eigenvalue weighted by atomic mass is 16.3. The highest BCUT2D eigenvalue weighted by Crippen LogP contribution is 2.05. The van der Waals surface area contributed by atoms with Gasteiger partial charge in [-0.1, -0.05) is 0 Å². The van der Waals surface area contributed by atoms with Crippen molar-refractivity contribution in [1.29, 1.82) is 0 Å². The van der Waals surface area contributed by atoms with Gasteiger partial charge in [0.05, 0.1) is 6.10 Å². The van der Waals surface area contributed by atoms with E-state index in [1.807, 2.05) is 0 Å². The molecule has 92 valence electrons. The van der Waals surface area contributed by atoms with Crippen molar-refractivity contribution >= 4 is 11.8 Å². The summed E-state index contributed by atoms with van der Waals surface area (Å²) >= 11 is 0. The lowest BCUT2D eigenvalue weighted by atomic mass is 10.2. The van der Waals surface area contributed by atoms with E-state index in [1.165, 1.54) is 0 Å². The molecule has 1 aliphatic heterocycles. The number of carbonyl (C=O) groups is 2. The van der Waals surface area contributed by atoms with E-state index in [0.717, 1.165) is 0 Å². The predicted octanol–water partition coefficient (Wildman–Crippen LogP) is -1.65. The van der Waals surface area contributed by atoms with Crippen molar-refractivity contribution in [3.63, 3.8) is 0 Å². The molecule has 16 heavy (non-hydrogen) atoms. The summed E-state index contributed by atoms with van der Waals surface area (Å²) in [6.45, 7) is 3.31. The Morgan fingerprint density at radius 1 is 1.62 bits per heavy atom. The molecule has 6 heteroatoms. The van der Waals surface area contributed by atoms with Gasteiger partial charge in [-0.25, -0.2) is 0 Å². The topological polar surface area (TPSA) is 90.5 Å². The van der Waals surface area contributed by atoms with Gasteiger partial charge < -0.3 is 21.1 Å². The van der Waals surface area contributed by atoms with Gasteiger partial charge in [0, 0.05) is 26.1 Å². The number of aliphatic hydroxyl groups is 1. The first-order valence-electron chi connectivity index (χ1n) is 5.55. The van der Waals surface area contributed by atoms with Crippen LogP contribution in [0.3, 0.4) is 0 Å². The first kappa shape index (κ1) is 12.9. The van der Waals surface area contributed by atoms with Gasteiger partial charge >= 0.3 is 0 Å². The van der Waals surface area contributed by atoms with E-state index in [4.69, 9.17) is 5.11 Å². The van der Waals surface area contributed by atoms with Crippen LogP contribution >= 0.6 is 0 Å². The highest BCUT2D eigenvalue weighted by Gasteiger charge is 2.26. The molecule has 0 spiro atoms. The molecule has 6 nitrogen and oxygen atoms in total. The minimum atomic E-state index is -0.384. The summed E-state index contributed by atoms with van der Waals surface area (Å²) in [5, 5.41) is 17.3. The molecule has 2 amide bonds. The molecule has 1 heterocycles. The quantitative estimate of drug-likeness (QED) is 0.411. The van der Waals surface area contributed by atoms with Gasteiger partial charge in [-0.3, -0.25) is 9.59 Å². The smallest absolute Gasteiger partial charge is 0.242 e. The average Bonchev–Trinajstić information content (AvgIpc) is 2.63. The molecule has 1 unspecified atom stereocenters. The summed E-state index contributed by atoms with van der Waals surface area (Å²) in [4.78, 5) is 22.4. The van der Waals surface area contributed by atoms with Crippen LogP contribution in [-0.4, -0.2) is 48.7 Å². The lowest BCUT2D eigenvalue weighted by Crippen LogP contribution is -2.44. The first-order valence-corrected chi connectivity index (χ1v) is 5.55. The molecular formula is C10H19N3O3. The summed E-state index contributed by atoms with van der Waals surface area (Å²) in [6, 6.07) is -0.371. The van der Waals surface area contributed by atoms with Crippen molar-refractivity contribution in [3.8, 4) is 0 Å².